The molecule has 0 aliphatic carbocycles. The summed E-state index contributed by atoms with van der Waals surface area (Å²) in [6.45, 7) is -0.443. The van der Waals surface area contributed by atoms with Crippen LogP contribution >= 0.6 is 0 Å². The molecule has 2 heterocycles. The molecular weight excluding hydrogens is 454 g/mol. The van der Waals surface area contributed by atoms with Gasteiger partial charge in [-0.2, -0.15) is 0 Å². The highest BCUT2D eigenvalue weighted by atomic mass is 19.1. The van der Waals surface area contributed by atoms with Gasteiger partial charge in [0.25, 0.3) is 0 Å². The summed E-state index contributed by atoms with van der Waals surface area (Å²) < 4.78 is 49.8. The van der Waals surface area contributed by atoms with Gasteiger partial charge in [0.2, 0.25) is 5.54 Å². The van der Waals surface area contributed by atoms with E-state index < -0.39 is 35.8 Å². The van der Waals surface area contributed by atoms with Crippen molar-refractivity contribution in [2.24, 2.45) is 0 Å². The number of carbonyl (C=O) groups excluding carboxylic acids is 2. The Morgan fingerprint density at radius 3 is 2.53 bits per heavy atom. The Labute approximate surface area is 191 Å². The first-order chi connectivity index (χ1) is 16.2. The summed E-state index contributed by atoms with van der Waals surface area (Å²) in [6, 6.07) is 7.81. The molecule has 9 nitrogen and oxygen atoms in total. The Balaban J connectivity index is 1.93. The van der Waals surface area contributed by atoms with Crippen LogP contribution in [-0.4, -0.2) is 43.1 Å². The van der Waals surface area contributed by atoms with Crippen LogP contribution in [0.4, 0.5) is 13.6 Å². The lowest BCUT2D eigenvalue weighted by Gasteiger charge is -2.30. The van der Waals surface area contributed by atoms with Crippen LogP contribution in [0.3, 0.4) is 0 Å². The number of halogens is 2. The zero-order valence-corrected chi connectivity index (χ0v) is 18.3. The maximum atomic E-state index is 14.3. The number of methoxy groups -OCH3 is 3. The van der Waals surface area contributed by atoms with Crippen molar-refractivity contribution in [2.75, 3.05) is 21.3 Å². The lowest BCUT2D eigenvalue weighted by atomic mass is 9.95. The van der Waals surface area contributed by atoms with Gasteiger partial charge in [-0.3, -0.25) is 5.32 Å². The number of aromatic hydroxyl groups is 1. The first kappa shape index (κ1) is 22.9. The molecule has 2 aromatic carbocycles. The van der Waals surface area contributed by atoms with Gasteiger partial charge < -0.3 is 28.3 Å². The van der Waals surface area contributed by atoms with Crippen LogP contribution in [0.5, 0.6) is 11.6 Å². The van der Waals surface area contributed by atoms with E-state index >= 15 is 0 Å². The number of rotatable bonds is 6. The van der Waals surface area contributed by atoms with Crippen molar-refractivity contribution < 1.29 is 42.1 Å². The lowest BCUT2D eigenvalue weighted by molar-refractivity contribution is -0.150. The first-order valence-corrected chi connectivity index (χ1v) is 9.92. The quantitative estimate of drug-likeness (QED) is 0.409. The summed E-state index contributed by atoms with van der Waals surface area (Å²) in [4.78, 5) is 25.4. The Hall–Kier alpha value is -4.28. The molecule has 1 atom stereocenters. The number of amides is 1. The Morgan fingerprint density at radius 1 is 1.09 bits per heavy atom. The predicted molar refractivity (Wildman–Crippen MR) is 116 cm³/mol. The highest BCUT2D eigenvalue weighted by Crippen LogP contribution is 2.36. The van der Waals surface area contributed by atoms with E-state index in [0.29, 0.717) is 22.6 Å². The topological polar surface area (TPSA) is 112 Å². The smallest absolute Gasteiger partial charge is 0.408 e. The number of ether oxygens (including phenoxy) is 3. The average Bonchev–Trinajstić information content (AvgIpc) is 3.39. The van der Waals surface area contributed by atoms with Crippen LogP contribution < -0.4 is 10.1 Å². The molecule has 4 rings (SSSR count). The van der Waals surface area contributed by atoms with Crippen molar-refractivity contribution in [3.63, 3.8) is 0 Å². The maximum absolute atomic E-state index is 14.3. The number of alkyl carbamates (subject to hydrolysis) is 1. The number of carbonyl (C=O) groups is 2. The van der Waals surface area contributed by atoms with Crippen LogP contribution in [0.25, 0.3) is 21.7 Å². The molecule has 0 radical (unpaired) electrons. The third-order valence-electron chi connectivity index (χ3n) is 5.47. The molecule has 2 aromatic heterocycles. The van der Waals surface area contributed by atoms with E-state index in [1.165, 1.54) is 23.9 Å². The van der Waals surface area contributed by atoms with E-state index in [1.54, 1.807) is 18.2 Å². The summed E-state index contributed by atoms with van der Waals surface area (Å²) in [5.74, 6) is -2.89. The molecule has 0 saturated heterocycles. The number of aromatic nitrogens is 1. The predicted octanol–water partition coefficient (Wildman–Crippen LogP) is 3.80. The minimum atomic E-state index is -2.12. The molecule has 0 aliphatic heterocycles. The van der Waals surface area contributed by atoms with Gasteiger partial charge in [-0.25, -0.2) is 18.4 Å². The van der Waals surface area contributed by atoms with Gasteiger partial charge in [0.15, 0.2) is 17.3 Å². The summed E-state index contributed by atoms with van der Waals surface area (Å²) in [7, 11) is 3.63. The molecule has 0 spiro atoms. The molecule has 4 aromatic rings. The second-order valence-corrected chi connectivity index (χ2v) is 7.46. The van der Waals surface area contributed by atoms with Gasteiger partial charge in [0.05, 0.1) is 27.9 Å². The minimum Gasteiger partial charge on any atom is -0.497 e. The molecule has 2 N–H and O–H groups in total. The lowest BCUT2D eigenvalue weighted by Crippen LogP contribution is -2.54. The van der Waals surface area contributed by atoms with Crippen molar-refractivity contribution in [2.45, 2.75) is 12.1 Å². The van der Waals surface area contributed by atoms with E-state index in [2.05, 4.69) is 10.1 Å². The van der Waals surface area contributed by atoms with Gasteiger partial charge in [-0.05, 0) is 30.3 Å². The molecule has 34 heavy (non-hydrogen) atoms. The first-order valence-electron chi connectivity index (χ1n) is 9.92. The minimum absolute atomic E-state index is 0.0130. The van der Waals surface area contributed by atoms with E-state index in [0.717, 1.165) is 20.3 Å². The van der Waals surface area contributed by atoms with E-state index in [9.17, 15) is 23.5 Å². The van der Waals surface area contributed by atoms with Crippen LogP contribution in [0.2, 0.25) is 0 Å². The number of nitrogens with one attached hydrogen (secondary N) is 1. The molecule has 0 fully saturated rings. The van der Waals surface area contributed by atoms with Crippen LogP contribution in [0.1, 0.15) is 5.76 Å². The summed E-state index contributed by atoms with van der Waals surface area (Å²) >= 11 is 0. The fraction of sp³-hybridized carbons (Fsp3) is 0.217. The molecule has 0 unspecified atom stereocenters. The number of furan rings is 1. The van der Waals surface area contributed by atoms with Gasteiger partial charge in [-0.15, -0.1) is 0 Å². The number of nitrogens with zero attached hydrogens (tertiary/aromatic N) is 1. The monoisotopic (exact) mass is 474 g/mol. The Morgan fingerprint density at radius 2 is 1.85 bits per heavy atom. The van der Waals surface area contributed by atoms with E-state index in [4.69, 9.17) is 13.9 Å². The number of hydrogen-bond acceptors (Lipinski definition) is 7. The third-order valence-corrected chi connectivity index (χ3v) is 5.47. The fourth-order valence-corrected chi connectivity index (χ4v) is 3.81. The zero-order chi connectivity index (χ0) is 24.6. The molecule has 0 aliphatic rings. The molecule has 11 heteroatoms. The van der Waals surface area contributed by atoms with Crippen molar-refractivity contribution in [1.29, 1.82) is 0 Å². The van der Waals surface area contributed by atoms with Crippen LogP contribution in [0, 0.1) is 11.6 Å². The number of benzene rings is 2. The molecule has 0 saturated carbocycles. The normalized spacial score (nSPS) is 13.0. The Kier molecular flexibility index (Phi) is 5.78. The number of hydrogen-bond donors (Lipinski definition) is 2. The van der Waals surface area contributed by atoms with Crippen LogP contribution in [0.15, 0.2) is 47.0 Å². The Bertz CT molecular complexity index is 1410. The van der Waals surface area contributed by atoms with Crippen molar-refractivity contribution in [1.82, 2.24) is 9.88 Å². The largest absolute Gasteiger partial charge is 0.497 e. The van der Waals surface area contributed by atoms with Crippen molar-refractivity contribution in [3.05, 3.63) is 60.0 Å². The second kappa shape index (κ2) is 8.58. The molecular formula is C23H20F2N2O7. The highest BCUT2D eigenvalue weighted by Gasteiger charge is 2.48. The third kappa shape index (κ3) is 3.74. The van der Waals surface area contributed by atoms with E-state index in [1.807, 2.05) is 0 Å². The van der Waals surface area contributed by atoms with Gasteiger partial charge in [0, 0.05) is 28.4 Å². The average molecular weight is 474 g/mol. The molecule has 0 bridgehead atoms. The fourth-order valence-electron chi connectivity index (χ4n) is 3.81. The highest BCUT2D eigenvalue weighted by molar-refractivity contribution is 5.91. The number of fused-ring (bicyclic) bond motifs is 2. The SMILES string of the molecule is COC(=O)N[C@](Cn1cc2ccc(OC)cc2c1O)(C(=O)OC)c1cc2cc(F)cc(F)c2o1. The molecule has 178 valence electrons. The van der Waals surface area contributed by atoms with Crippen molar-refractivity contribution >= 4 is 33.8 Å². The summed E-state index contributed by atoms with van der Waals surface area (Å²) in [5, 5.41) is 14.3. The molecule has 1 amide bonds. The van der Waals surface area contributed by atoms with Gasteiger partial charge >= 0.3 is 12.1 Å². The van der Waals surface area contributed by atoms with Crippen molar-refractivity contribution in [3.8, 4) is 11.6 Å². The number of esters is 1. The van der Waals surface area contributed by atoms with Gasteiger partial charge in [0.1, 0.15) is 17.3 Å². The van der Waals surface area contributed by atoms with E-state index in [-0.39, 0.29) is 22.6 Å². The summed E-state index contributed by atoms with van der Waals surface area (Å²) in [5.41, 5.74) is -2.46. The maximum Gasteiger partial charge on any atom is 0.408 e. The van der Waals surface area contributed by atoms with Crippen LogP contribution in [-0.2, 0) is 26.4 Å². The zero-order valence-electron chi connectivity index (χ0n) is 18.3. The van der Waals surface area contributed by atoms with Gasteiger partial charge in [-0.1, -0.05) is 0 Å². The standard InChI is InChI=1S/C23H20F2N2O7/c1-31-15-5-4-12-10-27(20(28)16(12)9-15)11-23(21(29)32-2,26-22(30)33-3)18-7-13-6-14(24)8-17(25)19(13)34-18/h4-10,28H,11H2,1-3H3,(H,26,30)/t23-/m0/s1. The summed E-state index contributed by atoms with van der Waals surface area (Å²) in [6.07, 6.45) is 0.499. The second-order valence-electron chi connectivity index (χ2n) is 7.46.